The maximum Gasteiger partial charge on any atom is 0.416 e. The minimum Gasteiger partial charge on any atom is -0.220 e. The second kappa shape index (κ2) is 5.57. The van der Waals surface area contributed by atoms with Gasteiger partial charge in [-0.1, -0.05) is 12.1 Å². The second-order valence-corrected chi connectivity index (χ2v) is 6.95. The normalized spacial score (nSPS) is 13.8. The van der Waals surface area contributed by atoms with Crippen LogP contribution in [0.3, 0.4) is 0 Å². The fourth-order valence-electron chi connectivity index (χ4n) is 1.59. The van der Waals surface area contributed by atoms with Crippen LogP contribution in [-0.4, -0.2) is 10.5 Å². The lowest BCUT2D eigenvalue weighted by Crippen LogP contribution is -2.11. The summed E-state index contributed by atoms with van der Waals surface area (Å²) in [5, 5.41) is 0. The number of hydrogen-bond acceptors (Lipinski definition) is 2. The average Bonchev–Trinajstić information content (AvgIpc) is 2.23. The molecule has 1 rings (SSSR count). The van der Waals surface area contributed by atoms with Crippen LogP contribution in [0.15, 0.2) is 22.6 Å². The molecule has 19 heavy (non-hydrogen) atoms. The first-order chi connectivity index (χ1) is 8.52. The van der Waals surface area contributed by atoms with Crippen LogP contribution in [0.4, 0.5) is 13.2 Å². The molecule has 0 saturated heterocycles. The molecule has 0 fully saturated rings. The lowest BCUT2D eigenvalue weighted by Gasteiger charge is -2.16. The van der Waals surface area contributed by atoms with E-state index < -0.39 is 11.7 Å². The summed E-state index contributed by atoms with van der Waals surface area (Å²) in [7, 11) is 0. The summed E-state index contributed by atoms with van der Waals surface area (Å²) in [5.41, 5.74) is 0.793. The predicted molar refractivity (Wildman–Crippen MR) is 75.7 cm³/mol. The van der Waals surface area contributed by atoms with Crippen LogP contribution in [0, 0.1) is 6.92 Å². The second-order valence-electron chi connectivity index (χ2n) is 5.36. The van der Waals surface area contributed by atoms with Gasteiger partial charge in [0, 0.05) is 4.75 Å². The third kappa shape index (κ3) is 4.56. The minimum absolute atomic E-state index is 0.0587. The zero-order valence-electron chi connectivity index (χ0n) is 11.7. The van der Waals surface area contributed by atoms with E-state index in [1.807, 2.05) is 20.8 Å². The Morgan fingerprint density at radius 2 is 1.74 bits per heavy atom. The van der Waals surface area contributed by atoms with E-state index in [1.165, 1.54) is 24.9 Å². The molecule has 0 aliphatic carbocycles. The summed E-state index contributed by atoms with van der Waals surface area (Å²) in [4.78, 5) is 0. The highest BCUT2D eigenvalue weighted by Gasteiger charge is 2.33. The Bertz CT molecular complexity index is 484. The van der Waals surface area contributed by atoms with Crippen molar-refractivity contribution in [1.29, 1.82) is 0 Å². The summed E-state index contributed by atoms with van der Waals surface area (Å²) in [6, 6.07) is 4.20. The van der Waals surface area contributed by atoms with Gasteiger partial charge in [0.25, 0.3) is 0 Å². The maximum absolute atomic E-state index is 12.8. The summed E-state index contributed by atoms with van der Waals surface area (Å²) in [6.07, 6.45) is -4.32. The van der Waals surface area contributed by atoms with Crippen LogP contribution in [0.25, 0.3) is 0 Å². The zero-order chi connectivity index (χ0) is 14.8. The van der Waals surface area contributed by atoms with Crippen molar-refractivity contribution >= 4 is 17.7 Å². The standard InChI is InChI=1S/C14H18F3NS/c1-9-11(10(2)18-19-13(3,4)5)7-6-8-12(9)14(15,16)17/h6-8H,1-5H3. The quantitative estimate of drug-likeness (QED) is 0.533. The topological polar surface area (TPSA) is 12.4 Å². The molecule has 0 amide bonds. The Hall–Kier alpha value is -0.970. The Morgan fingerprint density at radius 1 is 1.16 bits per heavy atom. The molecule has 0 saturated carbocycles. The lowest BCUT2D eigenvalue weighted by molar-refractivity contribution is -0.138. The summed E-state index contributed by atoms with van der Waals surface area (Å²) >= 11 is 1.37. The van der Waals surface area contributed by atoms with Crippen LogP contribution in [-0.2, 0) is 6.18 Å². The van der Waals surface area contributed by atoms with Crippen molar-refractivity contribution in [1.82, 2.24) is 0 Å². The van der Waals surface area contributed by atoms with Crippen molar-refractivity contribution in [2.24, 2.45) is 4.40 Å². The van der Waals surface area contributed by atoms with Gasteiger partial charge in [0.15, 0.2) is 0 Å². The van der Waals surface area contributed by atoms with Crippen LogP contribution < -0.4 is 0 Å². The van der Waals surface area contributed by atoms with Gasteiger partial charge in [-0.15, -0.1) is 0 Å². The summed E-state index contributed by atoms with van der Waals surface area (Å²) < 4.78 is 42.7. The fourth-order valence-corrected chi connectivity index (χ4v) is 2.10. The molecule has 0 atom stereocenters. The van der Waals surface area contributed by atoms with Crippen LogP contribution in [0.1, 0.15) is 44.4 Å². The van der Waals surface area contributed by atoms with Gasteiger partial charge in [-0.05, 0) is 63.8 Å². The third-order valence-electron chi connectivity index (χ3n) is 2.49. The highest BCUT2D eigenvalue weighted by Crippen LogP contribution is 2.33. The van der Waals surface area contributed by atoms with E-state index in [2.05, 4.69) is 4.40 Å². The Balaban J connectivity index is 3.15. The van der Waals surface area contributed by atoms with E-state index in [0.29, 0.717) is 11.3 Å². The van der Waals surface area contributed by atoms with Crippen LogP contribution in [0.5, 0.6) is 0 Å². The van der Waals surface area contributed by atoms with Gasteiger partial charge in [-0.2, -0.15) is 13.2 Å². The number of alkyl halides is 3. The smallest absolute Gasteiger partial charge is 0.220 e. The third-order valence-corrected chi connectivity index (χ3v) is 3.40. The molecule has 0 aliphatic heterocycles. The van der Waals surface area contributed by atoms with Crippen molar-refractivity contribution in [2.45, 2.75) is 45.5 Å². The fraction of sp³-hybridized carbons (Fsp3) is 0.500. The number of halogens is 3. The molecule has 1 nitrogen and oxygen atoms in total. The monoisotopic (exact) mass is 289 g/mol. The SMILES string of the molecule is CC(=NSC(C)(C)C)c1cccc(C(F)(F)F)c1C. The summed E-state index contributed by atoms with van der Waals surface area (Å²) in [5.74, 6) is 0. The van der Waals surface area contributed by atoms with E-state index in [1.54, 1.807) is 13.0 Å². The van der Waals surface area contributed by atoms with Crippen molar-refractivity contribution in [3.8, 4) is 0 Å². The molecule has 0 bridgehead atoms. The highest BCUT2D eigenvalue weighted by molar-refractivity contribution is 7.99. The van der Waals surface area contributed by atoms with Crippen molar-refractivity contribution in [3.63, 3.8) is 0 Å². The van der Waals surface area contributed by atoms with Gasteiger partial charge >= 0.3 is 6.18 Å². The van der Waals surface area contributed by atoms with E-state index >= 15 is 0 Å². The van der Waals surface area contributed by atoms with Gasteiger partial charge in [0.1, 0.15) is 0 Å². The first-order valence-corrected chi connectivity index (χ1v) is 6.69. The van der Waals surface area contributed by atoms with E-state index in [4.69, 9.17) is 0 Å². The average molecular weight is 289 g/mol. The molecule has 106 valence electrons. The molecular formula is C14H18F3NS. The minimum atomic E-state index is -4.32. The van der Waals surface area contributed by atoms with E-state index in [-0.39, 0.29) is 10.3 Å². The molecule has 0 spiro atoms. The molecule has 1 aromatic rings. The molecule has 0 N–H and O–H groups in total. The highest BCUT2D eigenvalue weighted by atomic mass is 32.2. The van der Waals surface area contributed by atoms with Crippen LogP contribution >= 0.6 is 11.9 Å². The number of nitrogens with zero attached hydrogens (tertiary/aromatic N) is 1. The maximum atomic E-state index is 12.8. The van der Waals surface area contributed by atoms with Crippen molar-refractivity contribution in [2.75, 3.05) is 0 Å². The van der Waals surface area contributed by atoms with Gasteiger partial charge in [-0.25, -0.2) is 4.40 Å². The van der Waals surface area contributed by atoms with Gasteiger partial charge < -0.3 is 0 Å². The van der Waals surface area contributed by atoms with Gasteiger partial charge in [0.2, 0.25) is 0 Å². The molecule has 5 heteroatoms. The Kier molecular flexibility index (Phi) is 4.72. The zero-order valence-corrected chi connectivity index (χ0v) is 12.5. The molecule has 0 heterocycles. The summed E-state index contributed by atoms with van der Waals surface area (Å²) in [6.45, 7) is 9.24. The van der Waals surface area contributed by atoms with Crippen LogP contribution in [0.2, 0.25) is 0 Å². The Morgan fingerprint density at radius 3 is 2.21 bits per heavy atom. The van der Waals surface area contributed by atoms with E-state index in [9.17, 15) is 13.2 Å². The first-order valence-electron chi connectivity index (χ1n) is 5.92. The number of rotatable bonds is 2. The largest absolute Gasteiger partial charge is 0.416 e. The van der Waals surface area contributed by atoms with E-state index in [0.717, 1.165) is 6.07 Å². The molecule has 0 aliphatic rings. The lowest BCUT2D eigenvalue weighted by atomic mass is 9.99. The number of hydrogen-bond donors (Lipinski definition) is 0. The van der Waals surface area contributed by atoms with Crippen molar-refractivity contribution < 1.29 is 13.2 Å². The Labute approximate surface area is 116 Å². The molecule has 1 aromatic carbocycles. The number of benzene rings is 1. The van der Waals surface area contributed by atoms with Crippen molar-refractivity contribution in [3.05, 3.63) is 34.9 Å². The molecule has 0 radical (unpaired) electrons. The van der Waals surface area contributed by atoms with Gasteiger partial charge in [-0.3, -0.25) is 0 Å². The predicted octanol–water partition coefficient (Wildman–Crippen LogP) is 5.27. The first kappa shape index (κ1) is 16.1. The molecular weight excluding hydrogens is 271 g/mol. The molecule has 0 unspecified atom stereocenters. The molecule has 0 aromatic heterocycles. The van der Waals surface area contributed by atoms with Gasteiger partial charge in [0.05, 0.1) is 11.3 Å².